The topological polar surface area (TPSA) is 46.2 Å². The van der Waals surface area contributed by atoms with Gasteiger partial charge in [-0.25, -0.2) is 12.8 Å². The number of rotatable bonds is 3. The van der Waals surface area contributed by atoms with Gasteiger partial charge in [0.2, 0.25) is 0 Å². The maximum Gasteiger partial charge on any atom is 0.150 e. The third-order valence-electron chi connectivity index (χ3n) is 3.49. The van der Waals surface area contributed by atoms with Gasteiger partial charge in [0.25, 0.3) is 0 Å². The van der Waals surface area contributed by atoms with Crippen LogP contribution in [0, 0.1) is 11.7 Å². The molecule has 3 nitrogen and oxygen atoms in total. The zero-order valence-electron chi connectivity index (χ0n) is 10.4. The van der Waals surface area contributed by atoms with Crippen molar-refractivity contribution in [2.24, 2.45) is 5.92 Å². The molecule has 1 aliphatic rings. The molecule has 0 bridgehead atoms. The predicted molar refractivity (Wildman–Crippen MR) is 69.6 cm³/mol. The quantitative estimate of drug-likeness (QED) is 0.913. The Kier molecular flexibility index (Phi) is 4.02. The lowest BCUT2D eigenvalue weighted by Gasteiger charge is -2.30. The third kappa shape index (κ3) is 3.09. The molecule has 18 heavy (non-hydrogen) atoms. The fourth-order valence-corrected chi connectivity index (χ4v) is 4.48. The van der Waals surface area contributed by atoms with Gasteiger partial charge in [-0.2, -0.15) is 0 Å². The Morgan fingerprint density at radius 1 is 1.44 bits per heavy atom. The zero-order valence-corrected chi connectivity index (χ0v) is 11.2. The zero-order chi connectivity index (χ0) is 13.2. The maximum absolute atomic E-state index is 13.2. The highest BCUT2D eigenvalue weighted by Gasteiger charge is 2.31. The van der Waals surface area contributed by atoms with E-state index in [2.05, 4.69) is 5.32 Å². The maximum atomic E-state index is 13.2. The first-order valence-corrected chi connectivity index (χ1v) is 7.97. The smallest absolute Gasteiger partial charge is 0.150 e. The molecule has 5 heteroatoms. The molecule has 100 valence electrons. The normalized spacial score (nSPS) is 24.7. The Hall–Kier alpha value is -0.940. The van der Waals surface area contributed by atoms with Crippen molar-refractivity contribution in [1.29, 1.82) is 0 Å². The molecular weight excluding hydrogens is 253 g/mol. The fraction of sp³-hybridized carbons (Fsp3) is 0.538. The number of nitrogens with one attached hydrogen (secondary N) is 1. The van der Waals surface area contributed by atoms with Crippen LogP contribution in [-0.4, -0.2) is 27.0 Å². The molecular formula is C13H18FNO2S. The summed E-state index contributed by atoms with van der Waals surface area (Å²) in [6.07, 6.45) is 1.56. The van der Waals surface area contributed by atoms with E-state index in [0.29, 0.717) is 6.42 Å². The summed E-state index contributed by atoms with van der Waals surface area (Å²) in [6, 6.07) is 6.27. The van der Waals surface area contributed by atoms with Crippen molar-refractivity contribution >= 4 is 9.84 Å². The van der Waals surface area contributed by atoms with Gasteiger partial charge in [-0.3, -0.25) is 0 Å². The van der Waals surface area contributed by atoms with Crippen molar-refractivity contribution in [1.82, 2.24) is 5.32 Å². The van der Waals surface area contributed by atoms with E-state index < -0.39 is 9.84 Å². The van der Waals surface area contributed by atoms with E-state index in [4.69, 9.17) is 0 Å². The average Bonchev–Trinajstić information content (AvgIpc) is 2.29. The van der Waals surface area contributed by atoms with E-state index in [1.807, 2.05) is 6.07 Å². The number of halogens is 1. The molecule has 1 N–H and O–H groups in total. The lowest BCUT2D eigenvalue weighted by molar-refractivity contribution is 0.372. The highest BCUT2D eigenvalue weighted by molar-refractivity contribution is 7.91. The van der Waals surface area contributed by atoms with E-state index >= 15 is 0 Å². The van der Waals surface area contributed by atoms with E-state index in [-0.39, 0.29) is 29.3 Å². The van der Waals surface area contributed by atoms with Crippen LogP contribution in [-0.2, 0) is 9.84 Å². The second kappa shape index (κ2) is 5.36. The lowest BCUT2D eigenvalue weighted by atomic mass is 9.90. The highest BCUT2D eigenvalue weighted by Crippen LogP contribution is 2.30. The molecule has 1 aromatic rings. The molecule has 1 heterocycles. The molecule has 1 saturated heterocycles. The molecule has 0 saturated carbocycles. The molecule has 2 rings (SSSR count). The average molecular weight is 271 g/mol. The molecule has 0 radical (unpaired) electrons. The van der Waals surface area contributed by atoms with Crippen molar-refractivity contribution in [3.63, 3.8) is 0 Å². The molecule has 0 spiro atoms. The minimum absolute atomic E-state index is 0.0237. The molecule has 1 aliphatic heterocycles. The lowest BCUT2D eigenvalue weighted by Crippen LogP contribution is -2.34. The molecule has 0 aliphatic carbocycles. The van der Waals surface area contributed by atoms with Crippen molar-refractivity contribution in [2.75, 3.05) is 18.6 Å². The summed E-state index contributed by atoms with van der Waals surface area (Å²) in [4.78, 5) is 0. The Labute approximate surface area is 107 Å². The molecule has 2 unspecified atom stereocenters. The van der Waals surface area contributed by atoms with Crippen LogP contribution in [0.15, 0.2) is 24.3 Å². The molecule has 2 atom stereocenters. The van der Waals surface area contributed by atoms with Gasteiger partial charge >= 0.3 is 0 Å². The van der Waals surface area contributed by atoms with Crippen LogP contribution < -0.4 is 5.32 Å². The van der Waals surface area contributed by atoms with Gasteiger partial charge < -0.3 is 5.32 Å². The van der Waals surface area contributed by atoms with Crippen molar-refractivity contribution < 1.29 is 12.8 Å². The van der Waals surface area contributed by atoms with Crippen LogP contribution >= 0.6 is 0 Å². The van der Waals surface area contributed by atoms with Crippen LogP contribution in [0.1, 0.15) is 24.4 Å². The predicted octanol–water partition coefficient (Wildman–Crippen LogP) is 1.91. The van der Waals surface area contributed by atoms with Crippen molar-refractivity contribution in [3.8, 4) is 0 Å². The first kappa shape index (κ1) is 13.5. The minimum atomic E-state index is -2.94. The Balaban J connectivity index is 2.23. The van der Waals surface area contributed by atoms with Crippen molar-refractivity contribution in [3.05, 3.63) is 35.6 Å². The third-order valence-corrected chi connectivity index (χ3v) is 5.34. The second-order valence-corrected chi connectivity index (χ2v) is 7.07. The van der Waals surface area contributed by atoms with E-state index in [1.165, 1.54) is 12.1 Å². The van der Waals surface area contributed by atoms with Gasteiger partial charge in [0.1, 0.15) is 5.82 Å². The Morgan fingerprint density at radius 2 is 2.22 bits per heavy atom. The summed E-state index contributed by atoms with van der Waals surface area (Å²) in [5.41, 5.74) is 0.819. The van der Waals surface area contributed by atoms with Gasteiger partial charge in [0.15, 0.2) is 9.84 Å². The van der Waals surface area contributed by atoms with Gasteiger partial charge in [-0.1, -0.05) is 12.1 Å². The SMILES string of the molecule is CNC(c1cccc(F)c1)C1CCCS(=O)(=O)C1. The molecule has 1 aromatic carbocycles. The fourth-order valence-electron chi connectivity index (χ4n) is 2.70. The standard InChI is InChI=1S/C13H18FNO2S/c1-15-13(10-4-2-6-12(14)8-10)11-5-3-7-18(16,17)9-11/h2,4,6,8,11,13,15H,3,5,7,9H2,1H3. The Bertz CT molecular complexity index is 515. The molecule has 0 aromatic heterocycles. The summed E-state index contributed by atoms with van der Waals surface area (Å²) in [7, 11) is -1.15. The van der Waals surface area contributed by atoms with Crippen LogP contribution in [0.3, 0.4) is 0 Å². The molecule has 1 fully saturated rings. The van der Waals surface area contributed by atoms with E-state index in [1.54, 1.807) is 13.1 Å². The van der Waals surface area contributed by atoms with Crippen LogP contribution in [0.2, 0.25) is 0 Å². The van der Waals surface area contributed by atoms with Gasteiger partial charge in [0.05, 0.1) is 11.5 Å². The Morgan fingerprint density at radius 3 is 2.83 bits per heavy atom. The molecule has 0 amide bonds. The number of hydrogen-bond acceptors (Lipinski definition) is 3. The number of benzene rings is 1. The van der Waals surface area contributed by atoms with E-state index in [9.17, 15) is 12.8 Å². The largest absolute Gasteiger partial charge is 0.313 e. The highest BCUT2D eigenvalue weighted by atomic mass is 32.2. The summed E-state index contributed by atoms with van der Waals surface area (Å²) in [5.74, 6) is 0.208. The summed E-state index contributed by atoms with van der Waals surface area (Å²) in [5, 5.41) is 3.12. The number of sulfone groups is 1. The summed E-state index contributed by atoms with van der Waals surface area (Å²) in [6.45, 7) is 0. The van der Waals surface area contributed by atoms with Gasteiger partial charge in [-0.05, 0) is 43.5 Å². The van der Waals surface area contributed by atoms with Crippen molar-refractivity contribution in [2.45, 2.75) is 18.9 Å². The van der Waals surface area contributed by atoms with Crippen LogP contribution in [0.5, 0.6) is 0 Å². The second-order valence-electron chi connectivity index (χ2n) is 4.84. The van der Waals surface area contributed by atoms with Crippen LogP contribution in [0.25, 0.3) is 0 Å². The van der Waals surface area contributed by atoms with Crippen LogP contribution in [0.4, 0.5) is 4.39 Å². The summed E-state index contributed by atoms with van der Waals surface area (Å²) < 4.78 is 36.6. The first-order valence-electron chi connectivity index (χ1n) is 6.15. The minimum Gasteiger partial charge on any atom is -0.313 e. The monoisotopic (exact) mass is 271 g/mol. The number of hydrogen-bond donors (Lipinski definition) is 1. The van der Waals surface area contributed by atoms with Gasteiger partial charge in [0, 0.05) is 6.04 Å². The van der Waals surface area contributed by atoms with E-state index in [0.717, 1.165) is 12.0 Å². The van der Waals surface area contributed by atoms with Gasteiger partial charge in [-0.15, -0.1) is 0 Å². The first-order chi connectivity index (χ1) is 8.52. The summed E-state index contributed by atoms with van der Waals surface area (Å²) >= 11 is 0.